The fraction of sp³-hybridized carbons (Fsp3) is 0.300. The van der Waals surface area contributed by atoms with Crippen LogP contribution in [0.2, 0.25) is 0 Å². The highest BCUT2D eigenvalue weighted by atomic mass is 16.5. The van der Waals surface area contributed by atoms with Gasteiger partial charge in [0.25, 0.3) is 5.91 Å². The van der Waals surface area contributed by atoms with Crippen LogP contribution in [0.4, 0.5) is 0 Å². The van der Waals surface area contributed by atoms with Crippen molar-refractivity contribution in [1.82, 2.24) is 24.4 Å². The number of hydrogen-bond donors (Lipinski definition) is 0. The molecular formula is C20H21N5O2. The number of amides is 1. The van der Waals surface area contributed by atoms with E-state index >= 15 is 0 Å². The number of piperidine rings is 1. The summed E-state index contributed by atoms with van der Waals surface area (Å²) in [5.41, 5.74) is 1.33. The van der Waals surface area contributed by atoms with Crippen LogP contribution in [0.3, 0.4) is 0 Å². The Morgan fingerprint density at radius 1 is 1.22 bits per heavy atom. The van der Waals surface area contributed by atoms with Crippen molar-refractivity contribution in [2.75, 3.05) is 13.1 Å². The molecule has 1 fully saturated rings. The number of nitrogens with zero attached hydrogens (tertiary/aromatic N) is 5. The molecular weight excluding hydrogens is 342 g/mol. The van der Waals surface area contributed by atoms with Crippen molar-refractivity contribution in [2.24, 2.45) is 7.05 Å². The highest BCUT2D eigenvalue weighted by Gasteiger charge is 2.27. The fourth-order valence-electron chi connectivity index (χ4n) is 3.31. The lowest BCUT2D eigenvalue weighted by Gasteiger charge is -2.32. The van der Waals surface area contributed by atoms with Crippen LogP contribution in [0.5, 0.6) is 11.6 Å². The number of carbonyl (C=O) groups excluding carboxylic acids is 1. The van der Waals surface area contributed by atoms with Crippen LogP contribution in [0.15, 0.2) is 55.2 Å². The molecule has 0 saturated carbocycles. The number of hydrogen-bond acceptors (Lipinski definition) is 5. The summed E-state index contributed by atoms with van der Waals surface area (Å²) in [4.78, 5) is 27.6. The number of rotatable bonds is 4. The molecule has 1 atom stereocenters. The summed E-state index contributed by atoms with van der Waals surface area (Å²) in [6.07, 6.45) is 8.65. The highest BCUT2D eigenvalue weighted by Crippen LogP contribution is 2.28. The molecule has 3 heterocycles. The van der Waals surface area contributed by atoms with Crippen LogP contribution in [-0.2, 0) is 7.05 Å². The number of carbonyl (C=O) groups is 1. The first-order valence-electron chi connectivity index (χ1n) is 9.01. The molecule has 0 radical (unpaired) electrons. The molecule has 1 aliphatic rings. The van der Waals surface area contributed by atoms with E-state index in [9.17, 15) is 4.79 Å². The van der Waals surface area contributed by atoms with Gasteiger partial charge >= 0.3 is 0 Å². The first kappa shape index (κ1) is 17.2. The van der Waals surface area contributed by atoms with E-state index in [4.69, 9.17) is 4.74 Å². The molecule has 1 saturated heterocycles. The third-order valence-corrected chi connectivity index (χ3v) is 4.65. The summed E-state index contributed by atoms with van der Waals surface area (Å²) in [6, 6.07) is 9.51. The summed E-state index contributed by atoms with van der Waals surface area (Å²) < 4.78 is 7.57. The Morgan fingerprint density at radius 3 is 2.85 bits per heavy atom. The van der Waals surface area contributed by atoms with Crippen molar-refractivity contribution >= 4 is 5.91 Å². The molecule has 7 nitrogen and oxygen atoms in total. The number of benzene rings is 1. The second kappa shape index (κ2) is 7.57. The maximum Gasteiger partial charge on any atom is 0.274 e. The van der Waals surface area contributed by atoms with Crippen molar-refractivity contribution in [1.29, 1.82) is 0 Å². The first-order chi connectivity index (χ1) is 13.2. The van der Waals surface area contributed by atoms with Crippen LogP contribution in [0.25, 0.3) is 0 Å². The van der Waals surface area contributed by atoms with Gasteiger partial charge in [-0.3, -0.25) is 9.78 Å². The third-order valence-electron chi connectivity index (χ3n) is 4.65. The molecule has 1 amide bonds. The number of ether oxygens (including phenoxy) is 1. The predicted molar refractivity (Wildman–Crippen MR) is 99.6 cm³/mol. The minimum Gasteiger partial charge on any atom is -0.437 e. The van der Waals surface area contributed by atoms with E-state index in [1.165, 1.54) is 0 Å². The molecule has 3 aromatic rings. The zero-order chi connectivity index (χ0) is 18.6. The minimum absolute atomic E-state index is 0.0371. The van der Waals surface area contributed by atoms with Gasteiger partial charge in [-0.15, -0.1) is 0 Å². The van der Waals surface area contributed by atoms with Crippen molar-refractivity contribution < 1.29 is 9.53 Å². The second-order valence-corrected chi connectivity index (χ2v) is 6.71. The molecule has 0 bridgehead atoms. The molecule has 4 rings (SSSR count). The van der Waals surface area contributed by atoms with Gasteiger partial charge < -0.3 is 14.2 Å². The Morgan fingerprint density at radius 2 is 2.07 bits per heavy atom. The zero-order valence-corrected chi connectivity index (χ0v) is 15.2. The van der Waals surface area contributed by atoms with Crippen LogP contribution in [0, 0.1) is 0 Å². The average Bonchev–Trinajstić information content (AvgIpc) is 3.15. The molecule has 27 heavy (non-hydrogen) atoms. The van der Waals surface area contributed by atoms with Gasteiger partial charge in [-0.25, -0.2) is 9.97 Å². The summed E-state index contributed by atoms with van der Waals surface area (Å²) >= 11 is 0. The van der Waals surface area contributed by atoms with E-state index in [2.05, 4.69) is 15.0 Å². The van der Waals surface area contributed by atoms with E-state index in [0.717, 1.165) is 30.8 Å². The van der Waals surface area contributed by atoms with E-state index < -0.39 is 0 Å². The number of aryl methyl sites for hydroxylation is 1. The number of imidazole rings is 1. The lowest BCUT2D eigenvalue weighted by molar-refractivity contribution is 0.0700. The van der Waals surface area contributed by atoms with Crippen molar-refractivity contribution in [3.63, 3.8) is 0 Å². The molecule has 7 heteroatoms. The minimum atomic E-state index is -0.0371. The third kappa shape index (κ3) is 3.97. The standard InChI is InChI=1S/C20H21N5O2/c1-24-13-18(22-14-24)20(26)25-9-5-6-15(12-25)17-10-21-11-19(23-17)27-16-7-3-2-4-8-16/h2-4,7-8,10-11,13-15H,5-6,9,12H2,1H3. The Hall–Kier alpha value is -3.22. The average molecular weight is 363 g/mol. The van der Waals surface area contributed by atoms with Crippen LogP contribution < -0.4 is 4.74 Å². The van der Waals surface area contributed by atoms with Gasteiger partial charge in [0.2, 0.25) is 5.88 Å². The van der Waals surface area contributed by atoms with E-state index in [1.54, 1.807) is 29.5 Å². The van der Waals surface area contributed by atoms with Crippen molar-refractivity contribution in [3.05, 3.63) is 66.6 Å². The molecule has 1 aromatic carbocycles. The number of likely N-dealkylation sites (tertiary alicyclic amines) is 1. The molecule has 1 aliphatic heterocycles. The highest BCUT2D eigenvalue weighted by molar-refractivity contribution is 5.92. The lowest BCUT2D eigenvalue weighted by Crippen LogP contribution is -2.39. The largest absolute Gasteiger partial charge is 0.437 e. The first-order valence-corrected chi connectivity index (χ1v) is 9.01. The lowest BCUT2D eigenvalue weighted by atomic mass is 9.95. The Kier molecular flexibility index (Phi) is 4.82. The van der Waals surface area contributed by atoms with Gasteiger partial charge in [-0.05, 0) is 25.0 Å². The van der Waals surface area contributed by atoms with E-state index in [0.29, 0.717) is 18.1 Å². The molecule has 1 unspecified atom stereocenters. The summed E-state index contributed by atoms with van der Waals surface area (Å²) in [5.74, 6) is 1.29. The van der Waals surface area contributed by atoms with Gasteiger partial charge in [0, 0.05) is 38.4 Å². The van der Waals surface area contributed by atoms with Gasteiger partial charge in [-0.1, -0.05) is 18.2 Å². The molecule has 0 N–H and O–H groups in total. The van der Waals surface area contributed by atoms with Gasteiger partial charge in [0.1, 0.15) is 11.4 Å². The summed E-state index contributed by atoms with van der Waals surface area (Å²) in [7, 11) is 1.86. The van der Waals surface area contributed by atoms with E-state index in [-0.39, 0.29) is 11.8 Å². The number of aromatic nitrogens is 4. The molecule has 2 aromatic heterocycles. The van der Waals surface area contributed by atoms with Gasteiger partial charge in [0.05, 0.1) is 18.2 Å². The smallest absolute Gasteiger partial charge is 0.274 e. The topological polar surface area (TPSA) is 73.1 Å². The SMILES string of the molecule is Cn1cnc(C(=O)N2CCCC(c3cncc(Oc4ccccc4)n3)C2)c1. The van der Waals surface area contributed by atoms with Crippen LogP contribution >= 0.6 is 0 Å². The monoisotopic (exact) mass is 363 g/mol. The zero-order valence-electron chi connectivity index (χ0n) is 15.2. The van der Waals surface area contributed by atoms with Crippen LogP contribution in [0.1, 0.15) is 34.9 Å². The summed E-state index contributed by atoms with van der Waals surface area (Å²) in [6.45, 7) is 1.35. The molecule has 0 aliphatic carbocycles. The quantitative estimate of drug-likeness (QED) is 0.712. The Bertz CT molecular complexity index is 925. The van der Waals surface area contributed by atoms with E-state index in [1.807, 2.05) is 42.3 Å². The van der Waals surface area contributed by atoms with Crippen molar-refractivity contribution in [2.45, 2.75) is 18.8 Å². The second-order valence-electron chi connectivity index (χ2n) is 6.71. The maximum atomic E-state index is 12.7. The number of para-hydroxylation sites is 1. The normalized spacial score (nSPS) is 16.9. The molecule has 138 valence electrons. The van der Waals surface area contributed by atoms with Crippen LogP contribution in [-0.4, -0.2) is 43.4 Å². The fourth-order valence-corrected chi connectivity index (χ4v) is 3.31. The Balaban J connectivity index is 1.48. The Labute approximate surface area is 157 Å². The van der Waals surface area contributed by atoms with Crippen molar-refractivity contribution in [3.8, 4) is 11.6 Å². The maximum absolute atomic E-state index is 12.7. The van der Waals surface area contributed by atoms with Gasteiger partial charge in [-0.2, -0.15) is 0 Å². The van der Waals surface area contributed by atoms with Gasteiger partial charge in [0.15, 0.2) is 0 Å². The molecule has 0 spiro atoms. The summed E-state index contributed by atoms with van der Waals surface area (Å²) in [5, 5.41) is 0. The predicted octanol–water partition coefficient (Wildman–Crippen LogP) is 3.02.